The summed E-state index contributed by atoms with van der Waals surface area (Å²) in [4.78, 5) is 60.3. The van der Waals surface area contributed by atoms with Gasteiger partial charge in [-0.2, -0.15) is 10.5 Å². The highest BCUT2D eigenvalue weighted by Gasteiger charge is 2.41. The van der Waals surface area contributed by atoms with Crippen molar-refractivity contribution in [1.29, 1.82) is 10.5 Å². The minimum Gasteiger partial charge on any atom is -0.481 e. The molecule has 0 bridgehead atoms. The van der Waals surface area contributed by atoms with Gasteiger partial charge >= 0.3 is 24.1 Å². The molecule has 0 saturated heterocycles. The number of esters is 2. The summed E-state index contributed by atoms with van der Waals surface area (Å²) in [5, 5.41) is 45.3. The van der Waals surface area contributed by atoms with E-state index in [1.54, 1.807) is 151 Å². The van der Waals surface area contributed by atoms with E-state index in [1.807, 2.05) is 0 Å². The Kier molecular flexibility index (Phi) is 20.7. The van der Waals surface area contributed by atoms with Crippen LogP contribution < -0.4 is 9.47 Å². The van der Waals surface area contributed by atoms with Gasteiger partial charge in [0.25, 0.3) is 0 Å². The predicted molar refractivity (Wildman–Crippen MR) is 346 cm³/mol. The molecule has 22 nitrogen and oxygen atoms in total. The van der Waals surface area contributed by atoms with Crippen LogP contribution in [0, 0.1) is 36.5 Å². The fourth-order valence-electron chi connectivity index (χ4n) is 10.3. The van der Waals surface area contributed by atoms with Crippen LogP contribution in [0.2, 0.25) is 51.4 Å². The van der Waals surface area contributed by atoms with Gasteiger partial charge < -0.3 is 57.2 Å². The molecular formula is C66H84N8O14Si2. The van der Waals surface area contributed by atoms with Gasteiger partial charge in [-0.3, -0.25) is 9.13 Å². The van der Waals surface area contributed by atoms with Crippen LogP contribution in [0.15, 0.2) is 73.1 Å². The van der Waals surface area contributed by atoms with E-state index in [4.69, 9.17) is 47.9 Å². The third-order valence-electron chi connectivity index (χ3n) is 14.6. The van der Waals surface area contributed by atoms with E-state index in [2.05, 4.69) is 51.4 Å². The lowest BCUT2D eigenvalue weighted by atomic mass is 9.89. The van der Waals surface area contributed by atoms with Crippen LogP contribution >= 0.6 is 0 Å². The normalized spacial score (nSPS) is 13.4. The maximum absolute atomic E-state index is 13.2. The highest BCUT2D eigenvalue weighted by atomic mass is 28.3. The first-order chi connectivity index (χ1) is 41.9. The Morgan fingerprint density at radius 2 is 0.956 bits per heavy atom. The second-order valence-electron chi connectivity index (χ2n) is 26.9. The Labute approximate surface area is 526 Å². The largest absolute Gasteiger partial charge is 0.481 e. The topological polar surface area (TPSA) is 276 Å². The molecule has 2 atom stereocenters. The van der Waals surface area contributed by atoms with E-state index >= 15 is 0 Å². The van der Waals surface area contributed by atoms with Gasteiger partial charge in [0.05, 0.1) is 70.6 Å². The van der Waals surface area contributed by atoms with Crippen LogP contribution in [0.5, 0.6) is 11.5 Å². The minimum atomic E-state index is -1.84. The summed E-state index contributed by atoms with van der Waals surface area (Å²) in [6.45, 7) is 31.5. The molecule has 24 heteroatoms. The van der Waals surface area contributed by atoms with Crippen molar-refractivity contribution >= 4 is 84.1 Å². The van der Waals surface area contributed by atoms with Crippen LogP contribution in [0.4, 0.5) is 9.59 Å². The van der Waals surface area contributed by atoms with E-state index in [-0.39, 0.29) is 47.7 Å². The van der Waals surface area contributed by atoms with Crippen molar-refractivity contribution in [2.75, 3.05) is 40.6 Å². The molecule has 0 fully saturated rings. The molecule has 8 rings (SSSR count). The number of aryl methyl sites for hydroxylation is 2. The number of carbonyl (C=O) groups excluding carboxylic acids is 4. The molecule has 0 aliphatic rings. The summed E-state index contributed by atoms with van der Waals surface area (Å²) in [6, 6.07) is 23.2. The molecule has 0 aliphatic heterocycles. The molecule has 4 aromatic heterocycles. The van der Waals surface area contributed by atoms with E-state index in [0.717, 1.165) is 12.1 Å². The summed E-state index contributed by atoms with van der Waals surface area (Å²) in [7, 11) is -0.216. The maximum atomic E-state index is 13.2. The number of benzene rings is 4. The second-order valence-corrected chi connectivity index (χ2v) is 38.2. The number of nitriles is 2. The van der Waals surface area contributed by atoms with Crippen LogP contribution in [-0.2, 0) is 62.7 Å². The number of aliphatic hydroxyl groups is 2. The summed E-state index contributed by atoms with van der Waals surface area (Å²) < 4.78 is 51.4. The molecule has 0 aliphatic carbocycles. The average molecular weight is 1270 g/mol. The number of rotatable bonds is 20. The van der Waals surface area contributed by atoms with Crippen molar-refractivity contribution in [1.82, 2.24) is 28.2 Å². The zero-order valence-electron chi connectivity index (χ0n) is 55.0. The molecule has 0 radical (unpaired) electrons. The molecule has 2 N–H and O–H groups in total. The first-order valence-electron chi connectivity index (χ1n) is 29.5. The summed E-state index contributed by atoms with van der Waals surface area (Å²) in [5.74, 6) is -0.299. The van der Waals surface area contributed by atoms with Crippen LogP contribution in [0.1, 0.15) is 100 Å². The number of carbonyl (C=O) groups is 4. The monoisotopic (exact) mass is 1270 g/mol. The third-order valence-corrected chi connectivity index (χ3v) is 18.0. The van der Waals surface area contributed by atoms with Gasteiger partial charge in [-0.15, -0.1) is 0 Å². The lowest BCUT2D eigenvalue weighted by Gasteiger charge is -2.28. The summed E-state index contributed by atoms with van der Waals surface area (Å²) in [5.41, 5.74) is 0.949. The Bertz CT molecular complexity index is 3950. The quantitative estimate of drug-likeness (QED) is 0.0310. The van der Waals surface area contributed by atoms with Crippen molar-refractivity contribution in [3.8, 4) is 23.6 Å². The van der Waals surface area contributed by atoms with Crippen LogP contribution in [0.3, 0.4) is 0 Å². The third kappa shape index (κ3) is 16.0. The number of hydrogen-bond acceptors (Lipinski definition) is 18. The predicted octanol–water partition coefficient (Wildman–Crippen LogP) is 12.1. The lowest BCUT2D eigenvalue weighted by molar-refractivity contribution is -0.143. The van der Waals surface area contributed by atoms with Gasteiger partial charge in [-0.25, -0.2) is 29.1 Å². The Balaban J connectivity index is 0.000000256. The fraction of sp³-hybridized carbons (Fsp3) is 0.455. The summed E-state index contributed by atoms with van der Waals surface area (Å²) >= 11 is 0. The van der Waals surface area contributed by atoms with E-state index in [1.165, 1.54) is 23.4 Å². The number of nitrogens with zero attached hydrogens (tertiary/aromatic N) is 8. The Hall–Kier alpha value is -8.37. The highest BCUT2D eigenvalue weighted by molar-refractivity contribution is 6.76. The van der Waals surface area contributed by atoms with E-state index in [0.29, 0.717) is 79.3 Å². The molecule has 2 unspecified atom stereocenters. The Morgan fingerprint density at radius 3 is 1.36 bits per heavy atom. The van der Waals surface area contributed by atoms with E-state index in [9.17, 15) is 39.9 Å². The number of imidazole rings is 2. The molecular weight excluding hydrogens is 1180 g/mol. The number of fused-ring (bicyclic) bond motifs is 4. The number of methoxy groups -OCH3 is 2. The first-order valence-corrected chi connectivity index (χ1v) is 36.9. The van der Waals surface area contributed by atoms with E-state index < -0.39 is 75.9 Å². The van der Waals surface area contributed by atoms with Crippen molar-refractivity contribution in [2.45, 2.75) is 156 Å². The molecule has 90 heavy (non-hydrogen) atoms. The molecule has 0 amide bonds. The molecule has 4 aromatic carbocycles. The first kappa shape index (κ1) is 69.1. The zero-order chi connectivity index (χ0) is 66.6. The molecule has 0 spiro atoms. The van der Waals surface area contributed by atoms with Crippen molar-refractivity contribution in [3.63, 3.8) is 0 Å². The van der Waals surface area contributed by atoms with Crippen LogP contribution in [-0.4, -0.2) is 131 Å². The molecule has 480 valence electrons. The van der Waals surface area contributed by atoms with Crippen molar-refractivity contribution in [2.24, 2.45) is 0 Å². The van der Waals surface area contributed by atoms with Crippen LogP contribution in [0.25, 0.3) is 43.9 Å². The molecule has 8 aromatic rings. The lowest BCUT2D eigenvalue weighted by Crippen LogP contribution is -2.30. The average Bonchev–Trinajstić information content (AvgIpc) is 1.56. The maximum Gasteiger partial charge on any atom is 0.419 e. The van der Waals surface area contributed by atoms with Crippen molar-refractivity contribution in [3.05, 3.63) is 118 Å². The fourth-order valence-corrected chi connectivity index (χ4v) is 11.8. The minimum absolute atomic E-state index is 0.0770. The molecule has 4 heterocycles. The van der Waals surface area contributed by atoms with Gasteiger partial charge in [-0.05, 0) is 153 Å². The zero-order valence-corrected chi connectivity index (χ0v) is 57.0. The molecule has 0 saturated carbocycles. The van der Waals surface area contributed by atoms with Gasteiger partial charge in [0.1, 0.15) is 59.0 Å². The Morgan fingerprint density at radius 1 is 0.556 bits per heavy atom. The van der Waals surface area contributed by atoms with Gasteiger partial charge in [0.2, 0.25) is 0 Å². The second kappa shape index (κ2) is 27.0. The smallest absolute Gasteiger partial charge is 0.419 e. The SMILES string of the molecule is COC(=O)COc1cc(C)c2c(ccn2C(=O)OC(C)(C)C)c1C(C)(O)c1nc2cc(C#N)ccc2n1COCC[Si](C)(C)C.COC(=O)COc1cc(C)c2c(ccn2C(=O)OC(C)(C)C)c1C(C)(O)c1nc2ccc(C#N)cc2n1COCC[Si](C)(C)C. The van der Waals surface area contributed by atoms with Gasteiger partial charge in [0.15, 0.2) is 13.2 Å². The van der Waals surface area contributed by atoms with Gasteiger partial charge in [0, 0.05) is 63.7 Å². The number of ether oxygens (including phenoxy) is 8. The van der Waals surface area contributed by atoms with Gasteiger partial charge in [-0.1, -0.05) is 39.3 Å². The number of hydrogen-bond donors (Lipinski definition) is 2. The highest BCUT2D eigenvalue weighted by Crippen LogP contribution is 2.45. The van der Waals surface area contributed by atoms with Crippen molar-refractivity contribution < 1.29 is 67.3 Å². The summed E-state index contributed by atoms with van der Waals surface area (Å²) in [6.07, 6.45) is 2.00. The standard InChI is InChI=1S/2C33H42N4O7Si/c1-21-16-26(43-19-27(38)41-6)28(23-12-13-36(29(21)23)31(39)44-32(2,3)4)33(5,40)30-35-24-17-22(18-34)10-11-25(24)37(30)20-42-14-15-45(7,8)9;1-21-16-26(43-19-27(38)41-6)28(23-12-13-36(29(21)23)31(39)44-32(2,3)4)33(5,40)30-35-24-11-10-22(18-34)17-25(24)37(30)20-42-14-15-45(7,8)9/h2*10-13,16-17,40H,14-15,19-20H2,1-9H3. The number of aromatic nitrogens is 6.